The number of hydrogen-bond acceptors (Lipinski definition) is 3. The van der Waals surface area contributed by atoms with Gasteiger partial charge in [-0.15, -0.1) is 0 Å². The van der Waals surface area contributed by atoms with E-state index in [9.17, 15) is 0 Å². The Labute approximate surface area is 96.0 Å². The van der Waals surface area contributed by atoms with Gasteiger partial charge in [0.15, 0.2) is 0 Å². The first-order valence-corrected chi connectivity index (χ1v) is 5.64. The van der Waals surface area contributed by atoms with E-state index in [1.807, 2.05) is 24.3 Å². The van der Waals surface area contributed by atoms with Crippen LogP contribution in [0.2, 0.25) is 0 Å². The third kappa shape index (κ3) is 2.60. The van der Waals surface area contributed by atoms with Crippen LogP contribution in [0.1, 0.15) is 30.6 Å². The zero-order valence-corrected chi connectivity index (χ0v) is 9.44. The standard InChI is InChI=1S/C13H16N2O/c1-10-5-6-16-13(9-15-10)12-4-2-3-11(7-12)8-14/h2-4,7,10,13,15H,5-6,9H2,1H3. The molecule has 16 heavy (non-hydrogen) atoms. The molecule has 3 heteroatoms. The topological polar surface area (TPSA) is 45.0 Å². The molecule has 1 aliphatic rings. The molecular formula is C13H16N2O. The number of hydrogen-bond donors (Lipinski definition) is 1. The van der Waals surface area contributed by atoms with E-state index in [0.29, 0.717) is 11.6 Å². The van der Waals surface area contributed by atoms with Crippen LogP contribution in [0.5, 0.6) is 0 Å². The fourth-order valence-electron chi connectivity index (χ4n) is 1.88. The first-order valence-electron chi connectivity index (χ1n) is 5.64. The summed E-state index contributed by atoms with van der Waals surface area (Å²) in [6.45, 7) is 3.75. The van der Waals surface area contributed by atoms with Crippen LogP contribution in [-0.2, 0) is 4.74 Å². The largest absolute Gasteiger partial charge is 0.372 e. The molecule has 0 aliphatic carbocycles. The van der Waals surface area contributed by atoms with E-state index in [1.54, 1.807) is 0 Å². The number of rotatable bonds is 1. The molecule has 2 rings (SSSR count). The van der Waals surface area contributed by atoms with Gasteiger partial charge in [0.1, 0.15) is 0 Å². The molecule has 0 bridgehead atoms. The molecule has 84 valence electrons. The van der Waals surface area contributed by atoms with E-state index < -0.39 is 0 Å². The Kier molecular flexibility index (Phi) is 3.55. The highest BCUT2D eigenvalue weighted by molar-refractivity contribution is 5.34. The van der Waals surface area contributed by atoms with Gasteiger partial charge in [0, 0.05) is 19.2 Å². The Balaban J connectivity index is 2.14. The highest BCUT2D eigenvalue weighted by Crippen LogP contribution is 2.20. The zero-order valence-electron chi connectivity index (χ0n) is 9.44. The van der Waals surface area contributed by atoms with Crippen molar-refractivity contribution in [1.29, 1.82) is 5.26 Å². The minimum Gasteiger partial charge on any atom is -0.372 e. The van der Waals surface area contributed by atoms with E-state index in [-0.39, 0.29) is 6.10 Å². The number of benzene rings is 1. The van der Waals surface area contributed by atoms with Gasteiger partial charge in [-0.2, -0.15) is 5.26 Å². The summed E-state index contributed by atoms with van der Waals surface area (Å²) >= 11 is 0. The third-order valence-corrected chi connectivity index (χ3v) is 2.91. The van der Waals surface area contributed by atoms with Crippen molar-refractivity contribution in [2.45, 2.75) is 25.5 Å². The smallest absolute Gasteiger partial charge is 0.0991 e. The van der Waals surface area contributed by atoms with Crippen LogP contribution in [0, 0.1) is 11.3 Å². The summed E-state index contributed by atoms with van der Waals surface area (Å²) in [5.41, 5.74) is 1.78. The van der Waals surface area contributed by atoms with Crippen molar-refractivity contribution < 1.29 is 4.74 Å². The van der Waals surface area contributed by atoms with Crippen LogP contribution < -0.4 is 5.32 Å². The molecule has 1 heterocycles. The highest BCUT2D eigenvalue weighted by atomic mass is 16.5. The van der Waals surface area contributed by atoms with E-state index in [4.69, 9.17) is 10.00 Å². The molecule has 0 aromatic heterocycles. The van der Waals surface area contributed by atoms with Gasteiger partial charge in [-0.3, -0.25) is 0 Å². The lowest BCUT2D eigenvalue weighted by atomic mass is 10.1. The van der Waals surface area contributed by atoms with Gasteiger partial charge in [-0.25, -0.2) is 0 Å². The molecule has 1 aliphatic heterocycles. The minimum atomic E-state index is 0.0678. The lowest BCUT2D eigenvalue weighted by Crippen LogP contribution is -2.27. The number of ether oxygens (including phenoxy) is 1. The maximum absolute atomic E-state index is 8.85. The van der Waals surface area contributed by atoms with Crippen LogP contribution in [0.4, 0.5) is 0 Å². The minimum absolute atomic E-state index is 0.0678. The Morgan fingerprint density at radius 1 is 1.50 bits per heavy atom. The molecule has 3 nitrogen and oxygen atoms in total. The first-order chi connectivity index (χ1) is 7.79. The average molecular weight is 216 g/mol. The number of nitrogens with one attached hydrogen (secondary N) is 1. The Morgan fingerprint density at radius 2 is 2.38 bits per heavy atom. The van der Waals surface area contributed by atoms with E-state index in [1.165, 1.54) is 0 Å². The Morgan fingerprint density at radius 3 is 3.19 bits per heavy atom. The maximum Gasteiger partial charge on any atom is 0.0991 e. The van der Waals surface area contributed by atoms with Crippen molar-refractivity contribution in [2.75, 3.05) is 13.2 Å². The molecule has 2 atom stereocenters. The summed E-state index contributed by atoms with van der Waals surface area (Å²) in [4.78, 5) is 0. The van der Waals surface area contributed by atoms with Crippen molar-refractivity contribution in [3.05, 3.63) is 35.4 Å². The van der Waals surface area contributed by atoms with Crippen LogP contribution in [-0.4, -0.2) is 19.2 Å². The second-order valence-corrected chi connectivity index (χ2v) is 4.19. The summed E-state index contributed by atoms with van der Waals surface area (Å²) in [5, 5.41) is 12.3. The quantitative estimate of drug-likeness (QED) is 0.781. The lowest BCUT2D eigenvalue weighted by Gasteiger charge is -2.15. The molecule has 0 radical (unpaired) electrons. The molecule has 1 saturated heterocycles. The summed E-state index contributed by atoms with van der Waals surface area (Å²) in [5.74, 6) is 0. The summed E-state index contributed by atoms with van der Waals surface area (Å²) in [7, 11) is 0. The highest BCUT2D eigenvalue weighted by Gasteiger charge is 2.17. The molecule has 1 aromatic carbocycles. The summed E-state index contributed by atoms with van der Waals surface area (Å²) in [6.07, 6.45) is 1.10. The Hall–Kier alpha value is -1.37. The van der Waals surface area contributed by atoms with Gasteiger partial charge in [0.05, 0.1) is 17.7 Å². The van der Waals surface area contributed by atoms with Crippen molar-refractivity contribution in [1.82, 2.24) is 5.32 Å². The van der Waals surface area contributed by atoms with E-state index >= 15 is 0 Å². The van der Waals surface area contributed by atoms with Gasteiger partial charge < -0.3 is 10.1 Å². The maximum atomic E-state index is 8.85. The fourth-order valence-corrected chi connectivity index (χ4v) is 1.88. The summed E-state index contributed by atoms with van der Waals surface area (Å²) < 4.78 is 5.79. The van der Waals surface area contributed by atoms with Crippen molar-refractivity contribution in [3.8, 4) is 6.07 Å². The average Bonchev–Trinajstić information content (AvgIpc) is 2.54. The molecular weight excluding hydrogens is 200 g/mol. The molecule has 1 aromatic rings. The number of nitrogens with zero attached hydrogens (tertiary/aromatic N) is 1. The third-order valence-electron chi connectivity index (χ3n) is 2.91. The van der Waals surface area contributed by atoms with Crippen molar-refractivity contribution in [3.63, 3.8) is 0 Å². The predicted octanol–water partition coefficient (Wildman–Crippen LogP) is 2.00. The second kappa shape index (κ2) is 5.11. The first kappa shape index (κ1) is 11.1. The van der Waals surface area contributed by atoms with Crippen LogP contribution in [0.15, 0.2) is 24.3 Å². The van der Waals surface area contributed by atoms with Gasteiger partial charge >= 0.3 is 0 Å². The summed E-state index contributed by atoms with van der Waals surface area (Å²) in [6, 6.07) is 10.3. The molecule has 0 spiro atoms. The normalized spacial score (nSPS) is 25.8. The zero-order chi connectivity index (χ0) is 11.4. The van der Waals surface area contributed by atoms with Crippen LogP contribution in [0.25, 0.3) is 0 Å². The second-order valence-electron chi connectivity index (χ2n) is 4.19. The van der Waals surface area contributed by atoms with E-state index in [2.05, 4.69) is 18.3 Å². The van der Waals surface area contributed by atoms with Gasteiger partial charge in [0.2, 0.25) is 0 Å². The lowest BCUT2D eigenvalue weighted by molar-refractivity contribution is 0.0664. The van der Waals surface area contributed by atoms with Crippen LogP contribution >= 0.6 is 0 Å². The van der Waals surface area contributed by atoms with Crippen molar-refractivity contribution >= 4 is 0 Å². The molecule has 1 N–H and O–H groups in total. The van der Waals surface area contributed by atoms with Crippen molar-refractivity contribution in [2.24, 2.45) is 0 Å². The van der Waals surface area contributed by atoms with Gasteiger partial charge in [0.25, 0.3) is 0 Å². The molecule has 0 amide bonds. The predicted molar refractivity (Wildman–Crippen MR) is 61.9 cm³/mol. The van der Waals surface area contributed by atoms with Gasteiger partial charge in [-0.05, 0) is 31.0 Å². The molecule has 0 saturated carbocycles. The number of nitriles is 1. The molecule has 2 unspecified atom stereocenters. The van der Waals surface area contributed by atoms with Gasteiger partial charge in [-0.1, -0.05) is 12.1 Å². The SMILES string of the molecule is CC1CCOC(c2cccc(C#N)c2)CN1. The monoisotopic (exact) mass is 216 g/mol. The van der Waals surface area contributed by atoms with E-state index in [0.717, 1.165) is 25.1 Å². The Bertz CT molecular complexity index is 397. The molecule has 1 fully saturated rings. The van der Waals surface area contributed by atoms with Crippen LogP contribution in [0.3, 0.4) is 0 Å². The fraction of sp³-hybridized carbons (Fsp3) is 0.462.